The van der Waals surface area contributed by atoms with Crippen molar-refractivity contribution in [3.05, 3.63) is 87.4 Å². The van der Waals surface area contributed by atoms with Crippen LogP contribution in [0.15, 0.2) is 48.5 Å². The molecule has 134 valence electrons. The van der Waals surface area contributed by atoms with Gasteiger partial charge in [-0.3, -0.25) is 4.79 Å². The number of amides is 1. The van der Waals surface area contributed by atoms with Crippen molar-refractivity contribution in [1.29, 1.82) is 0 Å². The maximum Gasteiger partial charge on any atom is 0.256 e. The number of carbonyl (C=O) groups is 1. The summed E-state index contributed by atoms with van der Waals surface area (Å²) in [7, 11) is 0. The normalized spacial score (nSPS) is 10.8. The average molecular weight is 372 g/mol. The molecule has 0 aliphatic rings. The molecule has 0 saturated carbocycles. The molecule has 0 spiro atoms. The lowest BCUT2D eigenvalue weighted by Crippen LogP contribution is -2.23. The fourth-order valence-electron chi connectivity index (χ4n) is 2.70. The summed E-state index contributed by atoms with van der Waals surface area (Å²) in [5.41, 5.74) is 3.80. The number of hydrogen-bond donors (Lipinski definition) is 1. The second-order valence-corrected chi connectivity index (χ2v) is 6.57. The molecule has 0 bridgehead atoms. The third kappa shape index (κ3) is 4.11. The maximum absolute atomic E-state index is 13.2. The first-order chi connectivity index (χ1) is 12.4. The molecular formula is C20H19ClFN3O. The summed E-state index contributed by atoms with van der Waals surface area (Å²) in [6, 6.07) is 14.2. The van der Waals surface area contributed by atoms with Gasteiger partial charge in [0.25, 0.3) is 5.91 Å². The smallest absolute Gasteiger partial charge is 0.256 e. The number of rotatable bonds is 5. The highest BCUT2D eigenvalue weighted by atomic mass is 35.5. The van der Waals surface area contributed by atoms with Crippen LogP contribution in [-0.4, -0.2) is 15.7 Å². The molecule has 0 aliphatic carbocycles. The quantitative estimate of drug-likeness (QED) is 0.728. The summed E-state index contributed by atoms with van der Waals surface area (Å²) in [6.07, 6.45) is 0. The molecule has 0 saturated heterocycles. The van der Waals surface area contributed by atoms with E-state index in [2.05, 4.69) is 10.4 Å². The highest BCUT2D eigenvalue weighted by molar-refractivity contribution is 6.33. The Labute approximate surface area is 156 Å². The minimum absolute atomic E-state index is 0.218. The molecule has 1 amide bonds. The van der Waals surface area contributed by atoms with Gasteiger partial charge in [0.05, 0.1) is 17.8 Å². The van der Waals surface area contributed by atoms with Crippen LogP contribution in [0.3, 0.4) is 0 Å². The molecule has 1 heterocycles. The first-order valence-corrected chi connectivity index (χ1v) is 8.63. The van der Waals surface area contributed by atoms with Crippen molar-refractivity contribution in [3.8, 4) is 0 Å². The van der Waals surface area contributed by atoms with Crippen LogP contribution in [-0.2, 0) is 13.1 Å². The van der Waals surface area contributed by atoms with Crippen LogP contribution in [0.25, 0.3) is 0 Å². The number of nitrogens with one attached hydrogen (secondary N) is 1. The monoisotopic (exact) mass is 371 g/mol. The van der Waals surface area contributed by atoms with Crippen molar-refractivity contribution >= 4 is 17.5 Å². The Morgan fingerprint density at radius 2 is 1.88 bits per heavy atom. The predicted molar refractivity (Wildman–Crippen MR) is 99.8 cm³/mol. The molecule has 0 atom stereocenters. The summed E-state index contributed by atoms with van der Waals surface area (Å²) in [6.45, 7) is 4.47. The van der Waals surface area contributed by atoms with Gasteiger partial charge in [-0.1, -0.05) is 53.6 Å². The van der Waals surface area contributed by atoms with Crippen molar-refractivity contribution in [3.63, 3.8) is 0 Å². The van der Waals surface area contributed by atoms with E-state index in [1.165, 1.54) is 17.7 Å². The Kier molecular flexibility index (Phi) is 5.38. The van der Waals surface area contributed by atoms with Gasteiger partial charge in [-0.25, -0.2) is 9.07 Å². The number of benzene rings is 2. The van der Waals surface area contributed by atoms with Gasteiger partial charge < -0.3 is 5.32 Å². The number of halogens is 2. The summed E-state index contributed by atoms with van der Waals surface area (Å²) < 4.78 is 14.8. The van der Waals surface area contributed by atoms with E-state index in [1.54, 1.807) is 23.7 Å². The van der Waals surface area contributed by atoms with E-state index in [-0.39, 0.29) is 18.3 Å². The SMILES string of the molecule is Cc1ccc(Cn2nc(C)c(C(=O)NCc3cccc(F)c3)c2Cl)cc1. The molecule has 0 radical (unpaired) electrons. The molecule has 0 unspecified atom stereocenters. The molecular weight excluding hydrogens is 353 g/mol. The van der Waals surface area contributed by atoms with Crippen LogP contribution < -0.4 is 5.32 Å². The fourth-order valence-corrected chi connectivity index (χ4v) is 3.02. The Balaban J connectivity index is 1.74. The van der Waals surface area contributed by atoms with Crippen LogP contribution in [0.2, 0.25) is 5.15 Å². The Morgan fingerprint density at radius 1 is 1.15 bits per heavy atom. The summed E-state index contributed by atoms with van der Waals surface area (Å²) in [5, 5.41) is 7.44. The van der Waals surface area contributed by atoms with Gasteiger partial charge in [-0.2, -0.15) is 5.10 Å². The molecule has 1 N–H and O–H groups in total. The highest BCUT2D eigenvalue weighted by Gasteiger charge is 2.20. The maximum atomic E-state index is 13.2. The van der Waals surface area contributed by atoms with Crippen LogP contribution in [0.1, 0.15) is 32.7 Å². The van der Waals surface area contributed by atoms with Gasteiger partial charge >= 0.3 is 0 Å². The molecule has 4 nitrogen and oxygen atoms in total. The highest BCUT2D eigenvalue weighted by Crippen LogP contribution is 2.21. The van der Waals surface area contributed by atoms with Gasteiger partial charge in [0, 0.05) is 6.54 Å². The number of hydrogen-bond acceptors (Lipinski definition) is 2. The van der Waals surface area contributed by atoms with Gasteiger partial charge in [0.1, 0.15) is 11.0 Å². The largest absolute Gasteiger partial charge is 0.348 e. The Hall–Kier alpha value is -2.66. The summed E-state index contributed by atoms with van der Waals surface area (Å²) in [5.74, 6) is -0.663. The topological polar surface area (TPSA) is 46.9 Å². The summed E-state index contributed by atoms with van der Waals surface area (Å²) >= 11 is 6.39. The molecule has 3 aromatic rings. The zero-order valence-corrected chi connectivity index (χ0v) is 15.3. The van der Waals surface area contributed by atoms with E-state index in [0.29, 0.717) is 28.5 Å². The number of nitrogens with zero attached hydrogens (tertiary/aromatic N) is 2. The Morgan fingerprint density at radius 3 is 2.58 bits per heavy atom. The first-order valence-electron chi connectivity index (χ1n) is 8.25. The van der Waals surface area contributed by atoms with Crippen LogP contribution in [0, 0.1) is 19.7 Å². The van der Waals surface area contributed by atoms with Gasteiger partial charge in [-0.05, 0) is 37.1 Å². The van der Waals surface area contributed by atoms with Gasteiger partial charge in [-0.15, -0.1) is 0 Å². The predicted octanol–water partition coefficient (Wildman–Crippen LogP) is 4.27. The van der Waals surface area contributed by atoms with Crippen molar-refractivity contribution < 1.29 is 9.18 Å². The molecule has 26 heavy (non-hydrogen) atoms. The molecule has 6 heteroatoms. The number of aryl methyl sites for hydroxylation is 2. The Bertz CT molecular complexity index is 935. The summed E-state index contributed by atoms with van der Waals surface area (Å²) in [4.78, 5) is 12.5. The number of carbonyl (C=O) groups excluding carboxylic acids is 1. The lowest BCUT2D eigenvalue weighted by Gasteiger charge is -2.06. The van der Waals surface area contributed by atoms with E-state index < -0.39 is 0 Å². The average Bonchev–Trinajstić information content (AvgIpc) is 2.88. The second-order valence-electron chi connectivity index (χ2n) is 6.21. The zero-order valence-electron chi connectivity index (χ0n) is 14.6. The third-order valence-electron chi connectivity index (χ3n) is 4.09. The van der Waals surface area contributed by atoms with Crippen LogP contribution in [0.5, 0.6) is 0 Å². The van der Waals surface area contributed by atoms with Crippen molar-refractivity contribution in [2.24, 2.45) is 0 Å². The minimum Gasteiger partial charge on any atom is -0.348 e. The van der Waals surface area contributed by atoms with E-state index in [0.717, 1.165) is 5.56 Å². The lowest BCUT2D eigenvalue weighted by molar-refractivity contribution is 0.0950. The number of aromatic nitrogens is 2. The van der Waals surface area contributed by atoms with Crippen LogP contribution in [0.4, 0.5) is 4.39 Å². The van der Waals surface area contributed by atoms with Crippen LogP contribution >= 0.6 is 11.6 Å². The van der Waals surface area contributed by atoms with Crippen molar-refractivity contribution in [2.75, 3.05) is 0 Å². The molecule has 0 aliphatic heterocycles. The molecule has 3 rings (SSSR count). The fraction of sp³-hybridized carbons (Fsp3) is 0.200. The van der Waals surface area contributed by atoms with Crippen molar-refractivity contribution in [2.45, 2.75) is 26.9 Å². The van der Waals surface area contributed by atoms with Gasteiger partial charge in [0.15, 0.2) is 0 Å². The third-order valence-corrected chi connectivity index (χ3v) is 4.47. The molecule has 0 fully saturated rings. The van der Waals surface area contributed by atoms with E-state index in [9.17, 15) is 9.18 Å². The van der Waals surface area contributed by atoms with Crippen molar-refractivity contribution in [1.82, 2.24) is 15.1 Å². The zero-order chi connectivity index (χ0) is 18.7. The standard InChI is InChI=1S/C20H19ClFN3O/c1-13-6-8-15(9-7-13)12-25-19(21)18(14(2)24-25)20(26)23-11-16-4-3-5-17(22)10-16/h3-10H,11-12H2,1-2H3,(H,23,26). The first kappa shape index (κ1) is 18.1. The van der Waals surface area contributed by atoms with E-state index in [4.69, 9.17) is 11.6 Å². The molecule has 1 aromatic heterocycles. The minimum atomic E-state index is -0.336. The lowest BCUT2D eigenvalue weighted by atomic mass is 10.1. The molecule has 2 aromatic carbocycles. The van der Waals surface area contributed by atoms with E-state index in [1.807, 2.05) is 31.2 Å². The second kappa shape index (κ2) is 7.70. The van der Waals surface area contributed by atoms with E-state index >= 15 is 0 Å². The van der Waals surface area contributed by atoms with Gasteiger partial charge in [0.2, 0.25) is 0 Å².